The lowest BCUT2D eigenvalue weighted by Crippen LogP contribution is -2.50. The lowest BCUT2D eigenvalue weighted by atomic mass is 10.1. The third kappa shape index (κ3) is 4.06. The van der Waals surface area contributed by atoms with Crippen LogP contribution in [-0.2, 0) is 16.0 Å². The molecule has 5 nitrogen and oxygen atoms in total. The van der Waals surface area contributed by atoms with Gasteiger partial charge in [0.1, 0.15) is 6.29 Å². The highest BCUT2D eigenvalue weighted by molar-refractivity contribution is 5.78. The Morgan fingerprint density at radius 1 is 1.32 bits per heavy atom. The average molecular weight is 262 g/mol. The van der Waals surface area contributed by atoms with Gasteiger partial charge < -0.3 is 19.7 Å². The van der Waals surface area contributed by atoms with Crippen molar-refractivity contribution in [2.75, 3.05) is 26.3 Å². The summed E-state index contributed by atoms with van der Waals surface area (Å²) in [5.41, 5.74) is 1.03. The Kier molecular flexibility index (Phi) is 4.92. The van der Waals surface area contributed by atoms with Crippen LogP contribution in [0.1, 0.15) is 5.56 Å². The van der Waals surface area contributed by atoms with E-state index in [-0.39, 0.29) is 6.03 Å². The molecule has 5 heteroatoms. The zero-order chi connectivity index (χ0) is 13.5. The van der Waals surface area contributed by atoms with Crippen LogP contribution in [0.15, 0.2) is 30.3 Å². The molecule has 1 heterocycles. The molecule has 2 amide bonds. The number of nitrogens with zero attached hydrogens (tertiary/aromatic N) is 1. The fourth-order valence-electron chi connectivity index (χ4n) is 2.02. The number of carbonyl (C=O) groups is 2. The first kappa shape index (κ1) is 13.5. The van der Waals surface area contributed by atoms with Crippen molar-refractivity contribution in [1.29, 1.82) is 0 Å². The SMILES string of the molecule is O=C[C@H](Cc1ccccc1)NC(=O)N1CCOCC1. The zero-order valence-electron chi connectivity index (χ0n) is 10.7. The van der Waals surface area contributed by atoms with Gasteiger partial charge in [-0.2, -0.15) is 0 Å². The number of hydrogen-bond acceptors (Lipinski definition) is 3. The summed E-state index contributed by atoms with van der Waals surface area (Å²) in [6.07, 6.45) is 1.30. The summed E-state index contributed by atoms with van der Waals surface area (Å²) in [5, 5.41) is 2.75. The van der Waals surface area contributed by atoms with Crippen LogP contribution >= 0.6 is 0 Å². The highest BCUT2D eigenvalue weighted by atomic mass is 16.5. The van der Waals surface area contributed by atoms with Crippen molar-refractivity contribution >= 4 is 12.3 Å². The van der Waals surface area contributed by atoms with Crippen molar-refractivity contribution in [3.05, 3.63) is 35.9 Å². The van der Waals surface area contributed by atoms with E-state index >= 15 is 0 Å². The largest absolute Gasteiger partial charge is 0.378 e. The molecule has 0 unspecified atom stereocenters. The summed E-state index contributed by atoms with van der Waals surface area (Å²) in [7, 11) is 0. The molecular formula is C14H18N2O3. The van der Waals surface area contributed by atoms with E-state index in [0.29, 0.717) is 32.7 Å². The molecule has 0 bridgehead atoms. The summed E-state index contributed by atoms with van der Waals surface area (Å²) < 4.78 is 5.19. The molecule has 1 fully saturated rings. The van der Waals surface area contributed by atoms with E-state index in [1.54, 1.807) is 4.90 Å². The molecule has 1 aliphatic heterocycles. The second kappa shape index (κ2) is 6.89. The third-order valence-corrected chi connectivity index (χ3v) is 3.07. The van der Waals surface area contributed by atoms with E-state index in [9.17, 15) is 9.59 Å². The standard InChI is InChI=1S/C14H18N2O3/c17-11-13(10-12-4-2-1-3-5-12)15-14(18)16-6-8-19-9-7-16/h1-5,11,13H,6-10H2,(H,15,18)/t13-/m0/s1. The summed E-state index contributed by atoms with van der Waals surface area (Å²) in [6.45, 7) is 2.25. The maximum Gasteiger partial charge on any atom is 0.318 e. The van der Waals surface area contributed by atoms with Gasteiger partial charge in [0, 0.05) is 13.1 Å². The van der Waals surface area contributed by atoms with Crippen molar-refractivity contribution in [3.8, 4) is 0 Å². The highest BCUT2D eigenvalue weighted by Gasteiger charge is 2.19. The number of aldehydes is 1. The molecule has 1 aromatic carbocycles. The van der Waals surface area contributed by atoms with Gasteiger partial charge in [-0.3, -0.25) is 0 Å². The highest BCUT2D eigenvalue weighted by Crippen LogP contribution is 2.03. The van der Waals surface area contributed by atoms with Gasteiger partial charge in [-0.05, 0) is 12.0 Å². The number of morpholine rings is 1. The van der Waals surface area contributed by atoms with Crippen molar-refractivity contribution in [2.45, 2.75) is 12.5 Å². The molecule has 0 saturated carbocycles. The summed E-state index contributed by atoms with van der Waals surface area (Å²) >= 11 is 0. The zero-order valence-corrected chi connectivity index (χ0v) is 10.7. The van der Waals surface area contributed by atoms with Crippen molar-refractivity contribution < 1.29 is 14.3 Å². The predicted molar refractivity (Wildman–Crippen MR) is 70.9 cm³/mol. The van der Waals surface area contributed by atoms with Crippen LogP contribution < -0.4 is 5.32 Å². The van der Waals surface area contributed by atoms with E-state index < -0.39 is 6.04 Å². The number of carbonyl (C=O) groups excluding carboxylic acids is 2. The van der Waals surface area contributed by atoms with Crippen LogP contribution in [0.4, 0.5) is 4.79 Å². The molecule has 0 aromatic heterocycles. The first-order valence-corrected chi connectivity index (χ1v) is 6.42. The van der Waals surface area contributed by atoms with Gasteiger partial charge in [0.25, 0.3) is 0 Å². The van der Waals surface area contributed by atoms with Crippen molar-refractivity contribution in [3.63, 3.8) is 0 Å². The van der Waals surface area contributed by atoms with Gasteiger partial charge in [-0.1, -0.05) is 30.3 Å². The number of rotatable bonds is 4. The Morgan fingerprint density at radius 3 is 2.63 bits per heavy atom. The molecule has 102 valence electrons. The maximum absolute atomic E-state index is 12.0. The number of hydrogen-bond donors (Lipinski definition) is 1. The third-order valence-electron chi connectivity index (χ3n) is 3.07. The summed E-state index contributed by atoms with van der Waals surface area (Å²) in [6, 6.07) is 8.96. The number of amides is 2. The smallest absolute Gasteiger partial charge is 0.318 e. The van der Waals surface area contributed by atoms with Gasteiger partial charge in [0.15, 0.2) is 0 Å². The molecule has 1 aliphatic rings. The molecule has 0 radical (unpaired) electrons. The molecule has 1 aromatic rings. The Hall–Kier alpha value is -1.88. The number of nitrogens with one attached hydrogen (secondary N) is 1. The van der Waals surface area contributed by atoms with Crippen LogP contribution in [-0.4, -0.2) is 49.6 Å². The van der Waals surface area contributed by atoms with E-state index in [1.165, 1.54) is 0 Å². The molecule has 0 spiro atoms. The first-order valence-electron chi connectivity index (χ1n) is 6.42. The lowest BCUT2D eigenvalue weighted by molar-refractivity contribution is -0.109. The van der Waals surface area contributed by atoms with Crippen LogP contribution in [0.5, 0.6) is 0 Å². The Bertz CT molecular complexity index is 416. The van der Waals surface area contributed by atoms with Gasteiger partial charge in [-0.15, -0.1) is 0 Å². The van der Waals surface area contributed by atoms with Gasteiger partial charge in [0.05, 0.1) is 19.3 Å². The number of ether oxygens (including phenoxy) is 1. The normalized spacial score (nSPS) is 16.7. The van der Waals surface area contributed by atoms with Crippen LogP contribution in [0.2, 0.25) is 0 Å². The van der Waals surface area contributed by atoms with E-state index in [2.05, 4.69) is 5.32 Å². The molecule has 19 heavy (non-hydrogen) atoms. The van der Waals surface area contributed by atoms with Crippen LogP contribution in [0.3, 0.4) is 0 Å². The van der Waals surface area contributed by atoms with Crippen LogP contribution in [0, 0.1) is 0 Å². The maximum atomic E-state index is 12.0. The minimum Gasteiger partial charge on any atom is -0.378 e. The second-order valence-electron chi connectivity index (χ2n) is 4.48. The Balaban J connectivity index is 1.88. The first-order chi connectivity index (χ1) is 9.29. The molecule has 1 saturated heterocycles. The predicted octanol–water partition coefficient (Wildman–Crippen LogP) is 0.838. The lowest BCUT2D eigenvalue weighted by Gasteiger charge is -2.28. The minimum atomic E-state index is -0.488. The monoisotopic (exact) mass is 262 g/mol. The molecule has 2 rings (SSSR count). The average Bonchev–Trinajstić information content (AvgIpc) is 2.48. The fraction of sp³-hybridized carbons (Fsp3) is 0.429. The van der Waals surface area contributed by atoms with E-state index in [0.717, 1.165) is 11.8 Å². The van der Waals surface area contributed by atoms with Crippen LogP contribution in [0.25, 0.3) is 0 Å². The quantitative estimate of drug-likeness (QED) is 0.818. The second-order valence-corrected chi connectivity index (χ2v) is 4.48. The minimum absolute atomic E-state index is 0.198. The van der Waals surface area contributed by atoms with Crippen molar-refractivity contribution in [2.24, 2.45) is 0 Å². The number of benzene rings is 1. The van der Waals surface area contributed by atoms with E-state index in [4.69, 9.17) is 4.74 Å². The van der Waals surface area contributed by atoms with Gasteiger partial charge in [0.2, 0.25) is 0 Å². The molecule has 1 atom stereocenters. The van der Waals surface area contributed by atoms with E-state index in [1.807, 2.05) is 30.3 Å². The molecule has 0 aliphatic carbocycles. The Labute approximate surface area is 112 Å². The fourth-order valence-corrected chi connectivity index (χ4v) is 2.02. The Morgan fingerprint density at radius 2 is 2.00 bits per heavy atom. The summed E-state index contributed by atoms with van der Waals surface area (Å²) in [5.74, 6) is 0. The van der Waals surface area contributed by atoms with Gasteiger partial charge >= 0.3 is 6.03 Å². The molecular weight excluding hydrogens is 244 g/mol. The van der Waals surface area contributed by atoms with Gasteiger partial charge in [-0.25, -0.2) is 4.79 Å². The number of urea groups is 1. The topological polar surface area (TPSA) is 58.6 Å². The van der Waals surface area contributed by atoms with Crippen molar-refractivity contribution in [1.82, 2.24) is 10.2 Å². The molecule has 1 N–H and O–H groups in total. The summed E-state index contributed by atoms with van der Waals surface area (Å²) in [4.78, 5) is 24.7.